The molecule has 2 aromatic carbocycles. The molecule has 1 aliphatic heterocycles. The van der Waals surface area contributed by atoms with E-state index in [1.807, 2.05) is 67.4 Å². The highest BCUT2D eigenvalue weighted by Crippen LogP contribution is 2.39. The Morgan fingerprint density at radius 1 is 1.03 bits per heavy atom. The van der Waals surface area contributed by atoms with Gasteiger partial charge in [0.2, 0.25) is 18.6 Å². The van der Waals surface area contributed by atoms with Gasteiger partial charge in [0.25, 0.3) is 0 Å². The number of benzene rings is 2. The van der Waals surface area contributed by atoms with Crippen LogP contribution in [-0.2, 0) is 0 Å². The summed E-state index contributed by atoms with van der Waals surface area (Å²) in [6, 6.07) is 18.7. The van der Waals surface area contributed by atoms with E-state index in [4.69, 9.17) is 20.2 Å². The van der Waals surface area contributed by atoms with Gasteiger partial charge in [-0.1, -0.05) is 6.07 Å². The normalized spacial score (nSPS) is 12.1. The Kier molecular flexibility index (Phi) is 4.74. The number of carbonyl (C=O) groups is 1. The summed E-state index contributed by atoms with van der Waals surface area (Å²) in [7, 11) is 1.90. The number of aromatic nitrogens is 3. The number of carbonyl (C=O) groups excluding carboxylic acids is 1. The Morgan fingerprint density at radius 3 is 2.56 bits per heavy atom. The molecule has 0 aliphatic carbocycles. The Morgan fingerprint density at radius 2 is 1.81 bits per heavy atom. The second kappa shape index (κ2) is 7.73. The lowest BCUT2D eigenvalue weighted by atomic mass is 10.1. The smallest absolute Gasteiger partial charge is 0.248 e. The number of fused-ring (bicyclic) bond motifs is 1. The number of rotatable bonds is 5. The van der Waals surface area contributed by atoms with Crippen LogP contribution in [0.3, 0.4) is 0 Å². The fourth-order valence-electron chi connectivity index (χ4n) is 3.61. The average molecular weight is 427 g/mol. The van der Waals surface area contributed by atoms with E-state index >= 15 is 0 Å². The van der Waals surface area contributed by atoms with Crippen LogP contribution >= 0.6 is 0 Å². The predicted molar refractivity (Wildman–Crippen MR) is 121 cm³/mol. The Bertz CT molecular complexity index is 1310. The summed E-state index contributed by atoms with van der Waals surface area (Å²) in [4.78, 5) is 26.3. The minimum atomic E-state index is -0.463. The number of aromatic amines is 1. The largest absolute Gasteiger partial charge is 0.454 e. The number of ether oxygens (including phenoxy) is 2. The molecule has 160 valence electrons. The van der Waals surface area contributed by atoms with Crippen molar-refractivity contribution in [2.24, 2.45) is 5.73 Å². The molecule has 0 fully saturated rings. The molecule has 2 aromatic heterocycles. The van der Waals surface area contributed by atoms with Crippen LogP contribution in [0, 0.1) is 6.92 Å². The van der Waals surface area contributed by atoms with Gasteiger partial charge >= 0.3 is 0 Å². The summed E-state index contributed by atoms with van der Waals surface area (Å²) >= 11 is 0. The number of pyridine rings is 1. The molecule has 5 rings (SSSR count). The first-order valence-corrected chi connectivity index (χ1v) is 10.1. The number of imidazole rings is 1. The van der Waals surface area contributed by atoms with Gasteiger partial charge in [0.15, 0.2) is 11.5 Å². The first-order chi connectivity index (χ1) is 15.5. The maximum Gasteiger partial charge on any atom is 0.248 e. The first kappa shape index (κ1) is 19.6. The Balaban J connectivity index is 1.60. The van der Waals surface area contributed by atoms with Gasteiger partial charge in [-0.05, 0) is 61.5 Å². The highest BCUT2D eigenvalue weighted by atomic mass is 16.7. The highest BCUT2D eigenvalue weighted by molar-refractivity contribution is 5.93. The number of aryl methyl sites for hydroxylation is 1. The van der Waals surface area contributed by atoms with E-state index in [-0.39, 0.29) is 6.79 Å². The van der Waals surface area contributed by atoms with E-state index in [0.29, 0.717) is 23.0 Å². The van der Waals surface area contributed by atoms with Crippen LogP contribution in [0.4, 0.5) is 11.6 Å². The van der Waals surface area contributed by atoms with Crippen LogP contribution in [0.15, 0.2) is 60.7 Å². The van der Waals surface area contributed by atoms with Gasteiger partial charge in [-0.15, -0.1) is 0 Å². The van der Waals surface area contributed by atoms with Crippen molar-refractivity contribution < 1.29 is 14.3 Å². The van der Waals surface area contributed by atoms with E-state index in [2.05, 4.69) is 9.97 Å². The molecule has 3 N–H and O–H groups in total. The van der Waals surface area contributed by atoms with Crippen LogP contribution in [0.2, 0.25) is 0 Å². The molecule has 0 atom stereocenters. The SMILES string of the molecule is Cc1cccc(-c2[nH]c(N(C)c3ccc(C(N)=O)cc3)nc2-c2ccc3c(c2)OCO3)n1. The molecule has 1 aliphatic rings. The van der Waals surface area contributed by atoms with Gasteiger partial charge < -0.3 is 25.1 Å². The molecule has 3 heterocycles. The van der Waals surface area contributed by atoms with Gasteiger partial charge in [-0.25, -0.2) is 4.98 Å². The van der Waals surface area contributed by atoms with Crippen molar-refractivity contribution in [1.82, 2.24) is 15.0 Å². The van der Waals surface area contributed by atoms with Crippen molar-refractivity contribution in [1.29, 1.82) is 0 Å². The quantitative estimate of drug-likeness (QED) is 0.498. The van der Waals surface area contributed by atoms with Crippen LogP contribution in [0.25, 0.3) is 22.6 Å². The summed E-state index contributed by atoms with van der Waals surface area (Å²) in [5, 5.41) is 0. The second-order valence-electron chi connectivity index (χ2n) is 7.49. The molecule has 0 spiro atoms. The van der Waals surface area contributed by atoms with E-state index in [1.165, 1.54) is 0 Å². The minimum Gasteiger partial charge on any atom is -0.454 e. The van der Waals surface area contributed by atoms with E-state index in [1.54, 1.807) is 12.1 Å². The molecule has 0 bridgehead atoms. The van der Waals surface area contributed by atoms with Gasteiger partial charge in [-0.2, -0.15) is 0 Å². The fourth-order valence-corrected chi connectivity index (χ4v) is 3.61. The molecule has 32 heavy (non-hydrogen) atoms. The van der Waals surface area contributed by atoms with Crippen LogP contribution in [-0.4, -0.2) is 34.7 Å². The second-order valence-corrected chi connectivity index (χ2v) is 7.49. The topological polar surface area (TPSA) is 106 Å². The highest BCUT2D eigenvalue weighted by Gasteiger charge is 2.21. The maximum absolute atomic E-state index is 11.4. The summed E-state index contributed by atoms with van der Waals surface area (Å²) in [5.41, 5.74) is 10.8. The molecule has 8 heteroatoms. The summed E-state index contributed by atoms with van der Waals surface area (Å²) in [5.74, 6) is 1.56. The van der Waals surface area contributed by atoms with Gasteiger partial charge in [0, 0.05) is 29.6 Å². The minimum absolute atomic E-state index is 0.209. The Labute approximate surface area is 184 Å². The summed E-state index contributed by atoms with van der Waals surface area (Å²) < 4.78 is 11.0. The number of amides is 1. The number of nitrogens with zero attached hydrogens (tertiary/aromatic N) is 3. The zero-order valence-electron chi connectivity index (χ0n) is 17.6. The molecule has 0 saturated heterocycles. The van der Waals surface area contributed by atoms with Gasteiger partial charge in [-0.3, -0.25) is 9.78 Å². The molecular formula is C24H21N5O3. The number of anilines is 2. The van der Waals surface area contributed by atoms with Crippen molar-refractivity contribution in [3.8, 4) is 34.1 Å². The lowest BCUT2D eigenvalue weighted by molar-refractivity contribution is 0.100. The molecule has 0 saturated carbocycles. The monoisotopic (exact) mass is 427 g/mol. The van der Waals surface area contributed by atoms with Crippen molar-refractivity contribution in [2.45, 2.75) is 6.92 Å². The summed E-state index contributed by atoms with van der Waals surface area (Å²) in [6.45, 7) is 2.16. The molecule has 0 radical (unpaired) electrons. The van der Waals surface area contributed by atoms with Crippen molar-refractivity contribution in [2.75, 3.05) is 18.7 Å². The van der Waals surface area contributed by atoms with Crippen molar-refractivity contribution in [3.05, 3.63) is 71.9 Å². The zero-order valence-corrected chi connectivity index (χ0v) is 17.6. The third kappa shape index (κ3) is 3.51. The van der Waals surface area contributed by atoms with E-state index < -0.39 is 5.91 Å². The van der Waals surface area contributed by atoms with Gasteiger partial charge in [0.05, 0.1) is 11.4 Å². The van der Waals surface area contributed by atoms with E-state index in [9.17, 15) is 4.79 Å². The number of nitrogens with two attached hydrogens (primary N) is 1. The maximum atomic E-state index is 11.4. The van der Waals surface area contributed by atoms with E-state index in [0.717, 1.165) is 34.0 Å². The lowest BCUT2D eigenvalue weighted by Crippen LogP contribution is -2.13. The number of primary amides is 1. The van der Waals surface area contributed by atoms with Crippen LogP contribution in [0.5, 0.6) is 11.5 Å². The fraction of sp³-hybridized carbons (Fsp3) is 0.125. The number of H-pyrrole nitrogens is 1. The lowest BCUT2D eigenvalue weighted by Gasteiger charge is -2.16. The molecule has 4 aromatic rings. The number of nitrogens with one attached hydrogen (secondary N) is 1. The third-order valence-corrected chi connectivity index (χ3v) is 5.34. The molecule has 1 amide bonds. The van der Waals surface area contributed by atoms with Crippen LogP contribution in [0.1, 0.15) is 16.1 Å². The first-order valence-electron chi connectivity index (χ1n) is 10.1. The summed E-state index contributed by atoms with van der Waals surface area (Å²) in [6.07, 6.45) is 0. The van der Waals surface area contributed by atoms with Crippen molar-refractivity contribution >= 4 is 17.5 Å². The van der Waals surface area contributed by atoms with Crippen LogP contribution < -0.4 is 20.1 Å². The average Bonchev–Trinajstić information content (AvgIpc) is 3.45. The molecular weight excluding hydrogens is 406 g/mol. The zero-order chi connectivity index (χ0) is 22.2. The third-order valence-electron chi connectivity index (χ3n) is 5.34. The predicted octanol–water partition coefficient (Wildman–Crippen LogP) is 4.04. The molecule has 0 unspecified atom stereocenters. The van der Waals surface area contributed by atoms with Gasteiger partial charge in [0.1, 0.15) is 5.69 Å². The molecule has 8 nitrogen and oxygen atoms in total. The number of hydrogen-bond acceptors (Lipinski definition) is 6. The standard InChI is InChI=1S/C24H21N5O3/c1-14-4-3-5-18(26-14)22-21(16-8-11-19-20(12-16)32-13-31-19)27-24(28-22)29(2)17-9-6-15(7-10-17)23(25)30/h3-12H,13H2,1-2H3,(H2,25,30)(H,27,28). The number of hydrogen-bond donors (Lipinski definition) is 2. The van der Waals surface area contributed by atoms with Crippen molar-refractivity contribution in [3.63, 3.8) is 0 Å². The Hall–Kier alpha value is -4.33.